The fourth-order valence-electron chi connectivity index (χ4n) is 10.1. The molecule has 1 unspecified atom stereocenters. The Hall–Kier alpha value is -9.13. The van der Waals surface area contributed by atoms with E-state index in [1.165, 1.54) is 21.9 Å². The van der Waals surface area contributed by atoms with Crippen molar-refractivity contribution in [3.05, 3.63) is 259 Å². The van der Waals surface area contributed by atoms with Crippen LogP contribution in [-0.2, 0) is 0 Å². The molecule has 1 atom stereocenters. The Morgan fingerprint density at radius 2 is 1.09 bits per heavy atom. The lowest BCUT2D eigenvalue weighted by Crippen LogP contribution is -2.33. The summed E-state index contributed by atoms with van der Waals surface area (Å²) >= 11 is 0. The van der Waals surface area contributed by atoms with E-state index in [9.17, 15) is 0 Å². The molecule has 1 N–H and O–H groups in total. The second-order valence-corrected chi connectivity index (χ2v) is 17.2. The number of pyridine rings is 1. The molecule has 9 aromatic carbocycles. The van der Waals surface area contributed by atoms with Crippen molar-refractivity contribution in [3.63, 3.8) is 0 Å². The minimum absolute atomic E-state index is 0.321. The van der Waals surface area contributed by atoms with Gasteiger partial charge < -0.3 is 14.8 Å². The Morgan fingerprint density at radius 3 is 1.91 bits per heavy atom. The highest BCUT2D eigenvalue weighted by molar-refractivity contribution is 6.14. The summed E-state index contributed by atoms with van der Waals surface area (Å²) in [5.74, 6) is 1.51. The van der Waals surface area contributed by atoms with Gasteiger partial charge in [0.15, 0.2) is 5.84 Å². The molecule has 0 saturated carbocycles. The molecular formula is C62H42N6. The first-order valence-corrected chi connectivity index (χ1v) is 23.0. The van der Waals surface area contributed by atoms with Crippen molar-refractivity contribution in [2.24, 2.45) is 9.98 Å². The van der Waals surface area contributed by atoms with Gasteiger partial charge >= 0.3 is 0 Å². The van der Waals surface area contributed by atoms with Crippen LogP contribution in [0.15, 0.2) is 253 Å². The predicted octanol–water partition coefficient (Wildman–Crippen LogP) is 15.1. The summed E-state index contributed by atoms with van der Waals surface area (Å²) in [6.45, 7) is 0. The van der Waals surface area contributed by atoms with E-state index in [1.807, 2.05) is 42.6 Å². The summed E-state index contributed by atoms with van der Waals surface area (Å²) in [5, 5.41) is 7.15. The van der Waals surface area contributed by atoms with Crippen molar-refractivity contribution >= 4 is 50.4 Å². The number of nitrogens with zero attached hydrogens (tertiary/aromatic N) is 5. The number of aliphatic imine (C=N–C) groups is 2. The SMILES string of the molecule is c1ccc(C2=NC(c3cccc(-c4ccc(N5c6ccccc6-c6c(n(-c7cccc(-c8nccc9ccccc89)c7)c7ccccc67)-c6ccccc65)cc4)c3)NC(c3ccccc3)=N2)cc1. The molecule has 4 heterocycles. The lowest BCUT2D eigenvalue weighted by atomic mass is 9.98. The molecule has 11 aromatic rings. The van der Waals surface area contributed by atoms with Gasteiger partial charge in [-0.1, -0.05) is 182 Å². The minimum Gasteiger partial charge on any atom is -0.344 e. The Bertz CT molecular complexity index is 3770. The van der Waals surface area contributed by atoms with E-state index >= 15 is 0 Å². The first kappa shape index (κ1) is 39.3. The van der Waals surface area contributed by atoms with Crippen LogP contribution in [0.4, 0.5) is 17.1 Å². The number of rotatable bonds is 7. The quantitative estimate of drug-likeness (QED) is 0.174. The van der Waals surface area contributed by atoms with Crippen LogP contribution in [0.5, 0.6) is 0 Å². The zero-order valence-corrected chi connectivity index (χ0v) is 36.9. The predicted molar refractivity (Wildman–Crippen MR) is 280 cm³/mol. The standard InChI is InChI=1S/C62H42N6/c1-3-18-43(19-4-1)60-64-61(44-20-5-2-6-21-44)66-62(65-60)47-24-15-22-45(39-47)41-33-35-48(36-34-41)67-54-30-12-9-27-51(54)57-52-28-10-13-31-55(52)68(59(57)53-29-11-14-32-56(53)67)49-25-16-23-46(40-49)58-50-26-8-7-17-42(50)37-38-63-58/h1-40,62H,(H,64,65,66). The van der Waals surface area contributed by atoms with E-state index in [0.717, 1.165) is 89.8 Å². The largest absolute Gasteiger partial charge is 0.344 e. The van der Waals surface area contributed by atoms with E-state index < -0.39 is 0 Å². The highest BCUT2D eigenvalue weighted by Gasteiger charge is 2.31. The summed E-state index contributed by atoms with van der Waals surface area (Å²) in [4.78, 5) is 17.5. The normalized spacial score (nSPS) is 14.0. The fourth-order valence-corrected chi connectivity index (χ4v) is 10.1. The maximum atomic E-state index is 5.15. The van der Waals surface area contributed by atoms with Gasteiger partial charge in [0.05, 0.1) is 28.3 Å². The monoisotopic (exact) mass is 870 g/mol. The maximum absolute atomic E-state index is 5.15. The topological polar surface area (TPSA) is 57.8 Å². The van der Waals surface area contributed by atoms with Crippen LogP contribution >= 0.6 is 0 Å². The molecule has 0 saturated heterocycles. The minimum atomic E-state index is -0.321. The molecular weight excluding hydrogens is 829 g/mol. The number of anilines is 3. The van der Waals surface area contributed by atoms with Crippen molar-refractivity contribution in [1.29, 1.82) is 0 Å². The number of nitrogens with one attached hydrogen (secondary N) is 1. The third kappa shape index (κ3) is 6.69. The summed E-state index contributed by atoms with van der Waals surface area (Å²) in [6.07, 6.45) is 1.59. The van der Waals surface area contributed by atoms with Crippen LogP contribution in [0.3, 0.4) is 0 Å². The molecule has 6 nitrogen and oxygen atoms in total. The molecule has 2 aliphatic heterocycles. The zero-order chi connectivity index (χ0) is 45.0. The van der Waals surface area contributed by atoms with Crippen LogP contribution in [-0.4, -0.2) is 21.2 Å². The first-order valence-electron chi connectivity index (χ1n) is 23.0. The van der Waals surface area contributed by atoms with Gasteiger partial charge in [-0.2, -0.15) is 0 Å². The summed E-state index contributed by atoms with van der Waals surface area (Å²) in [6, 6.07) is 84.1. The maximum Gasteiger partial charge on any atom is 0.159 e. The van der Waals surface area contributed by atoms with Crippen LogP contribution < -0.4 is 10.2 Å². The molecule has 0 bridgehead atoms. The molecule has 320 valence electrons. The van der Waals surface area contributed by atoms with Crippen molar-refractivity contribution < 1.29 is 0 Å². The van der Waals surface area contributed by atoms with E-state index in [4.69, 9.17) is 15.0 Å². The van der Waals surface area contributed by atoms with Gasteiger partial charge in [-0.3, -0.25) is 4.98 Å². The van der Waals surface area contributed by atoms with Crippen molar-refractivity contribution in [2.75, 3.05) is 4.90 Å². The van der Waals surface area contributed by atoms with Gasteiger partial charge in [0, 0.05) is 61.7 Å². The second-order valence-electron chi connectivity index (χ2n) is 17.2. The molecule has 0 spiro atoms. The van der Waals surface area contributed by atoms with Gasteiger partial charge in [0.1, 0.15) is 12.0 Å². The van der Waals surface area contributed by atoms with Crippen LogP contribution in [0.1, 0.15) is 22.9 Å². The number of aromatic nitrogens is 2. The average molecular weight is 871 g/mol. The number of fused-ring (bicyclic) bond motifs is 8. The van der Waals surface area contributed by atoms with Gasteiger partial charge in [-0.15, -0.1) is 0 Å². The summed E-state index contributed by atoms with van der Waals surface area (Å²) in [5.41, 5.74) is 17.6. The second kappa shape index (κ2) is 16.4. The van der Waals surface area contributed by atoms with Crippen molar-refractivity contribution in [2.45, 2.75) is 6.17 Å². The van der Waals surface area contributed by atoms with Crippen LogP contribution in [0.25, 0.3) is 72.1 Å². The number of amidine groups is 2. The Morgan fingerprint density at radius 1 is 0.441 bits per heavy atom. The van der Waals surface area contributed by atoms with Gasteiger partial charge in [-0.25, -0.2) is 9.98 Å². The van der Waals surface area contributed by atoms with E-state index in [0.29, 0.717) is 5.84 Å². The van der Waals surface area contributed by atoms with Gasteiger partial charge in [0.25, 0.3) is 0 Å². The van der Waals surface area contributed by atoms with E-state index in [-0.39, 0.29) is 6.17 Å². The van der Waals surface area contributed by atoms with Gasteiger partial charge in [0.2, 0.25) is 0 Å². The van der Waals surface area contributed by atoms with Crippen LogP contribution in [0, 0.1) is 0 Å². The smallest absolute Gasteiger partial charge is 0.159 e. The lowest BCUT2D eigenvalue weighted by molar-refractivity contribution is 0.674. The first-order chi connectivity index (χ1) is 33.7. The van der Waals surface area contributed by atoms with Gasteiger partial charge in [-0.05, 0) is 76.7 Å². The lowest BCUT2D eigenvalue weighted by Gasteiger charge is -2.28. The Balaban J connectivity index is 0.908. The molecule has 2 aromatic heterocycles. The summed E-state index contributed by atoms with van der Waals surface area (Å²) in [7, 11) is 0. The molecule has 0 amide bonds. The van der Waals surface area contributed by atoms with Crippen molar-refractivity contribution in [1.82, 2.24) is 14.9 Å². The van der Waals surface area contributed by atoms with E-state index in [1.54, 1.807) is 0 Å². The molecule has 68 heavy (non-hydrogen) atoms. The number of para-hydroxylation sites is 3. The molecule has 2 aliphatic rings. The highest BCUT2D eigenvalue weighted by atomic mass is 15.2. The average Bonchev–Trinajstić information content (AvgIpc) is 3.70. The third-order valence-electron chi connectivity index (χ3n) is 13.2. The van der Waals surface area contributed by atoms with Crippen molar-refractivity contribution in [3.8, 4) is 50.5 Å². The molecule has 0 radical (unpaired) electrons. The Kier molecular flexibility index (Phi) is 9.46. The molecule has 0 aliphatic carbocycles. The molecule has 13 rings (SSSR count). The number of hydrogen-bond acceptors (Lipinski definition) is 5. The number of hydrogen-bond donors (Lipinski definition) is 1. The summed E-state index contributed by atoms with van der Waals surface area (Å²) < 4.78 is 2.46. The zero-order valence-electron chi connectivity index (χ0n) is 36.9. The van der Waals surface area contributed by atoms with E-state index in [2.05, 4.69) is 215 Å². The fraction of sp³-hybridized carbons (Fsp3) is 0.0161. The highest BCUT2D eigenvalue weighted by Crippen LogP contribution is 2.54. The Labute approximate surface area is 394 Å². The number of benzene rings is 9. The van der Waals surface area contributed by atoms with Crippen LogP contribution in [0.2, 0.25) is 0 Å². The molecule has 6 heteroatoms. The molecule has 0 fully saturated rings. The third-order valence-corrected chi connectivity index (χ3v) is 13.2.